The maximum Gasteiger partial charge on any atom is 0.270 e. The van der Waals surface area contributed by atoms with Crippen LogP contribution in [0.4, 0.5) is 11.4 Å². The fraction of sp³-hybridized carbons (Fsp3) is 0.211. The van der Waals surface area contributed by atoms with E-state index in [1.54, 1.807) is 43.3 Å². The SMILES string of the molecule is CCn1c(=C(C#N)C(=O)NCC#N)sc(=CNc2cccc(NC(=O)CO)c2)c1=O. The Morgan fingerprint density at radius 1 is 1.30 bits per heavy atom. The number of nitriles is 2. The number of nitrogens with zero attached hydrogens (tertiary/aromatic N) is 3. The Labute approximate surface area is 175 Å². The lowest BCUT2D eigenvalue weighted by Gasteiger charge is -2.05. The fourth-order valence-electron chi connectivity index (χ4n) is 2.43. The van der Waals surface area contributed by atoms with Crippen LogP contribution in [-0.2, 0) is 16.1 Å². The van der Waals surface area contributed by atoms with Crippen molar-refractivity contribution in [2.75, 3.05) is 23.8 Å². The molecule has 1 aromatic heterocycles. The third kappa shape index (κ3) is 5.32. The predicted molar refractivity (Wildman–Crippen MR) is 111 cm³/mol. The van der Waals surface area contributed by atoms with Gasteiger partial charge in [0.1, 0.15) is 28.4 Å². The van der Waals surface area contributed by atoms with Gasteiger partial charge in [0.15, 0.2) is 5.57 Å². The zero-order valence-electron chi connectivity index (χ0n) is 15.9. The highest BCUT2D eigenvalue weighted by atomic mass is 32.1. The van der Waals surface area contributed by atoms with Crippen LogP contribution in [0.1, 0.15) is 6.92 Å². The molecular formula is C19H18N6O4S. The van der Waals surface area contributed by atoms with Gasteiger partial charge in [-0.2, -0.15) is 10.5 Å². The first-order valence-electron chi connectivity index (χ1n) is 8.71. The first kappa shape index (κ1) is 22.4. The van der Waals surface area contributed by atoms with Gasteiger partial charge in [0.2, 0.25) is 5.91 Å². The fourth-order valence-corrected chi connectivity index (χ4v) is 3.52. The summed E-state index contributed by atoms with van der Waals surface area (Å²) in [6.07, 6.45) is 1.44. The number of aliphatic hydroxyl groups excluding tert-OH is 1. The van der Waals surface area contributed by atoms with Gasteiger partial charge in [-0.1, -0.05) is 6.07 Å². The number of nitrogens with one attached hydrogen (secondary N) is 3. The summed E-state index contributed by atoms with van der Waals surface area (Å²) in [6, 6.07) is 10.2. The van der Waals surface area contributed by atoms with E-state index in [4.69, 9.17) is 10.4 Å². The lowest BCUT2D eigenvalue weighted by Crippen LogP contribution is -2.34. The summed E-state index contributed by atoms with van der Waals surface area (Å²) >= 11 is 0.969. The molecule has 10 nitrogen and oxygen atoms in total. The number of hydrogen-bond donors (Lipinski definition) is 4. The molecule has 0 aliphatic heterocycles. The largest absolute Gasteiger partial charge is 0.387 e. The second-order valence-corrected chi connectivity index (χ2v) is 6.75. The van der Waals surface area contributed by atoms with E-state index >= 15 is 0 Å². The second-order valence-electron chi connectivity index (χ2n) is 5.72. The highest BCUT2D eigenvalue weighted by Crippen LogP contribution is 2.14. The zero-order chi connectivity index (χ0) is 22.1. The minimum Gasteiger partial charge on any atom is -0.387 e. The third-order valence-electron chi connectivity index (χ3n) is 3.76. The molecule has 2 rings (SSSR count). The van der Waals surface area contributed by atoms with Crippen LogP contribution < -0.4 is 30.7 Å². The molecule has 0 unspecified atom stereocenters. The Hall–Kier alpha value is -3.93. The summed E-state index contributed by atoms with van der Waals surface area (Å²) in [4.78, 5) is 36.1. The minimum absolute atomic E-state index is 0.192. The number of benzene rings is 1. The van der Waals surface area contributed by atoms with Crippen LogP contribution in [0.2, 0.25) is 0 Å². The van der Waals surface area contributed by atoms with Crippen LogP contribution >= 0.6 is 11.3 Å². The molecule has 1 aromatic carbocycles. The van der Waals surface area contributed by atoms with Gasteiger partial charge in [0.25, 0.3) is 11.5 Å². The third-order valence-corrected chi connectivity index (χ3v) is 4.89. The Morgan fingerprint density at radius 2 is 2.03 bits per heavy atom. The van der Waals surface area contributed by atoms with Gasteiger partial charge < -0.3 is 21.1 Å². The number of thiazole rings is 1. The molecule has 0 aliphatic rings. The molecule has 0 atom stereocenters. The lowest BCUT2D eigenvalue weighted by atomic mass is 10.2. The molecule has 0 bridgehead atoms. The summed E-state index contributed by atoms with van der Waals surface area (Å²) < 4.78 is 1.76. The van der Waals surface area contributed by atoms with E-state index in [9.17, 15) is 19.6 Å². The first-order valence-corrected chi connectivity index (χ1v) is 9.53. The molecular weight excluding hydrogens is 408 g/mol. The molecule has 154 valence electrons. The van der Waals surface area contributed by atoms with Gasteiger partial charge in [0.05, 0.1) is 6.07 Å². The van der Waals surface area contributed by atoms with Gasteiger partial charge in [-0.15, -0.1) is 11.3 Å². The number of carbonyl (C=O) groups is 2. The molecule has 1 heterocycles. The van der Waals surface area contributed by atoms with E-state index in [1.807, 2.05) is 0 Å². The number of hydrogen-bond acceptors (Lipinski definition) is 8. The summed E-state index contributed by atoms with van der Waals surface area (Å²) in [7, 11) is 0. The topological polar surface area (TPSA) is 160 Å². The Morgan fingerprint density at radius 3 is 2.67 bits per heavy atom. The van der Waals surface area contributed by atoms with Crippen molar-refractivity contribution >= 4 is 46.3 Å². The van der Waals surface area contributed by atoms with Gasteiger partial charge >= 0.3 is 0 Å². The van der Waals surface area contributed by atoms with Crippen molar-refractivity contribution < 1.29 is 14.7 Å². The molecule has 0 fully saturated rings. The van der Waals surface area contributed by atoms with E-state index < -0.39 is 18.4 Å². The average Bonchev–Trinajstić information content (AvgIpc) is 3.06. The van der Waals surface area contributed by atoms with Crippen LogP contribution in [0.3, 0.4) is 0 Å². The monoisotopic (exact) mass is 426 g/mol. The van der Waals surface area contributed by atoms with Gasteiger partial charge in [0, 0.05) is 24.1 Å². The van der Waals surface area contributed by atoms with Crippen molar-refractivity contribution in [3.8, 4) is 12.1 Å². The molecule has 2 amide bonds. The maximum atomic E-state index is 12.7. The van der Waals surface area contributed by atoms with Crippen molar-refractivity contribution in [2.45, 2.75) is 13.5 Å². The molecule has 0 saturated carbocycles. The van der Waals surface area contributed by atoms with E-state index in [1.165, 1.54) is 10.8 Å². The van der Waals surface area contributed by atoms with Crippen LogP contribution in [0.5, 0.6) is 0 Å². The quantitative estimate of drug-likeness (QED) is 0.414. The van der Waals surface area contributed by atoms with Crippen LogP contribution in [0.15, 0.2) is 29.1 Å². The van der Waals surface area contributed by atoms with E-state index in [2.05, 4.69) is 16.0 Å². The molecule has 0 spiro atoms. The lowest BCUT2D eigenvalue weighted by molar-refractivity contribution is -0.118. The summed E-state index contributed by atoms with van der Waals surface area (Å²) in [5, 5.41) is 34.5. The summed E-state index contributed by atoms with van der Waals surface area (Å²) in [6.45, 7) is 1.07. The summed E-state index contributed by atoms with van der Waals surface area (Å²) in [5.41, 5.74) is 0.400. The average molecular weight is 426 g/mol. The van der Waals surface area contributed by atoms with Crippen LogP contribution in [0, 0.1) is 22.7 Å². The number of aliphatic hydroxyl groups is 1. The zero-order valence-corrected chi connectivity index (χ0v) is 16.7. The number of amides is 2. The molecule has 11 heteroatoms. The second kappa shape index (κ2) is 10.6. The van der Waals surface area contributed by atoms with Crippen LogP contribution in [-0.4, -0.2) is 34.6 Å². The highest BCUT2D eigenvalue weighted by molar-refractivity contribution is 7.07. The van der Waals surface area contributed by atoms with E-state index in [0.29, 0.717) is 11.4 Å². The first-order chi connectivity index (χ1) is 14.4. The molecule has 30 heavy (non-hydrogen) atoms. The maximum absolute atomic E-state index is 12.7. The van der Waals surface area contributed by atoms with Crippen molar-refractivity contribution in [3.05, 3.63) is 43.8 Å². The van der Waals surface area contributed by atoms with Crippen LogP contribution in [0.25, 0.3) is 11.8 Å². The smallest absolute Gasteiger partial charge is 0.270 e. The van der Waals surface area contributed by atoms with Crippen molar-refractivity contribution in [1.29, 1.82) is 10.5 Å². The molecule has 4 N–H and O–H groups in total. The minimum atomic E-state index is -0.727. The number of aromatic nitrogens is 1. The molecule has 2 aromatic rings. The van der Waals surface area contributed by atoms with E-state index in [-0.39, 0.29) is 33.4 Å². The van der Waals surface area contributed by atoms with Crippen molar-refractivity contribution in [2.24, 2.45) is 0 Å². The van der Waals surface area contributed by atoms with Gasteiger partial charge in [-0.3, -0.25) is 19.0 Å². The molecule has 0 aliphatic carbocycles. The summed E-state index contributed by atoms with van der Waals surface area (Å²) in [5.74, 6) is -1.28. The Balaban J connectivity index is 2.45. The number of rotatable bonds is 7. The van der Waals surface area contributed by atoms with Gasteiger partial charge in [-0.05, 0) is 25.1 Å². The number of carbonyl (C=O) groups excluding carboxylic acids is 2. The standard InChI is InChI=1S/C19H18N6O4S/c1-2-25-18(29)15(30-19(25)14(9-21)17(28)22-7-6-20)10-23-12-4-3-5-13(8-12)24-16(27)11-26/h3-5,8,10,23,26H,2,7,11H2,1H3,(H,22,28)(H,24,27). The Bertz CT molecular complexity index is 1220. The van der Waals surface area contributed by atoms with E-state index in [0.717, 1.165) is 11.3 Å². The highest BCUT2D eigenvalue weighted by Gasteiger charge is 2.14. The normalized spacial score (nSPS) is 11.8. The predicted octanol–water partition coefficient (Wildman–Crippen LogP) is -0.975. The van der Waals surface area contributed by atoms with Crippen molar-refractivity contribution in [1.82, 2.24) is 9.88 Å². The molecule has 0 saturated heterocycles. The number of anilines is 2. The van der Waals surface area contributed by atoms with Gasteiger partial charge in [-0.25, -0.2) is 0 Å². The molecule has 0 radical (unpaired) electrons. The Kier molecular flexibility index (Phi) is 7.88. The van der Waals surface area contributed by atoms with Crippen molar-refractivity contribution in [3.63, 3.8) is 0 Å².